The average molecular weight is 345 g/mol. The molecule has 24 heavy (non-hydrogen) atoms. The molecule has 2 aromatic rings. The van der Waals surface area contributed by atoms with Crippen molar-refractivity contribution in [3.05, 3.63) is 41.6 Å². The fourth-order valence-corrected chi connectivity index (χ4v) is 2.45. The minimum atomic E-state index is -0.432. The van der Waals surface area contributed by atoms with Crippen molar-refractivity contribution in [1.82, 2.24) is 9.97 Å². The Labute approximate surface area is 147 Å². The second-order valence-electron chi connectivity index (χ2n) is 6.29. The van der Waals surface area contributed by atoms with Crippen LogP contribution in [-0.2, 0) is 10.2 Å². The molecule has 0 fully saturated rings. The molecule has 6 heteroatoms. The highest BCUT2D eigenvalue weighted by molar-refractivity contribution is 7.98. The molecule has 0 aliphatic heterocycles. The third-order valence-corrected chi connectivity index (χ3v) is 4.02. The largest absolute Gasteiger partial charge is 0.462 e. The number of carbonyl (C=O) groups excluding carboxylic acids is 1. The summed E-state index contributed by atoms with van der Waals surface area (Å²) in [6.07, 6.45) is 3.39. The number of carbonyl (C=O) groups is 1. The van der Waals surface area contributed by atoms with E-state index >= 15 is 0 Å². The zero-order valence-corrected chi connectivity index (χ0v) is 15.5. The van der Waals surface area contributed by atoms with Gasteiger partial charge in [0, 0.05) is 11.9 Å². The molecule has 2 rings (SSSR count). The Morgan fingerprint density at radius 2 is 1.92 bits per heavy atom. The topological polar surface area (TPSA) is 64.1 Å². The molecule has 1 aromatic carbocycles. The summed E-state index contributed by atoms with van der Waals surface area (Å²) in [7, 11) is 0. The first-order chi connectivity index (χ1) is 11.3. The lowest BCUT2D eigenvalue weighted by Crippen LogP contribution is -2.12. The standard InChI is InChI=1S/C18H23N3O2S/c1-6-23-16(22)14-11-19-17(24-5)21-15(14)20-13-9-7-12(8-10-13)18(2,3)4/h7-11H,6H2,1-5H3,(H,19,20,21). The van der Waals surface area contributed by atoms with Crippen molar-refractivity contribution in [1.29, 1.82) is 0 Å². The quantitative estimate of drug-likeness (QED) is 0.492. The van der Waals surface area contributed by atoms with Crippen LogP contribution in [-0.4, -0.2) is 28.8 Å². The van der Waals surface area contributed by atoms with Crippen LogP contribution in [0.2, 0.25) is 0 Å². The number of hydrogen-bond donors (Lipinski definition) is 1. The lowest BCUT2D eigenvalue weighted by molar-refractivity contribution is 0.0526. The molecule has 0 aliphatic carbocycles. The highest BCUT2D eigenvalue weighted by atomic mass is 32.2. The van der Waals surface area contributed by atoms with Crippen molar-refractivity contribution < 1.29 is 9.53 Å². The van der Waals surface area contributed by atoms with Gasteiger partial charge in [-0.15, -0.1) is 0 Å². The van der Waals surface area contributed by atoms with E-state index in [9.17, 15) is 4.79 Å². The number of aromatic nitrogens is 2. The van der Waals surface area contributed by atoms with Gasteiger partial charge in [0.05, 0.1) is 6.61 Å². The third-order valence-electron chi connectivity index (χ3n) is 3.46. The van der Waals surface area contributed by atoms with Crippen LogP contribution in [0.5, 0.6) is 0 Å². The highest BCUT2D eigenvalue weighted by Crippen LogP contribution is 2.26. The molecule has 0 radical (unpaired) electrons. The van der Waals surface area contributed by atoms with Crippen LogP contribution >= 0.6 is 11.8 Å². The summed E-state index contributed by atoms with van der Waals surface area (Å²) in [6.45, 7) is 8.59. The fourth-order valence-electron chi connectivity index (χ4n) is 2.11. The van der Waals surface area contributed by atoms with E-state index in [0.29, 0.717) is 23.1 Å². The van der Waals surface area contributed by atoms with Gasteiger partial charge in [-0.05, 0) is 36.3 Å². The molecule has 0 amide bonds. The molecule has 0 atom stereocenters. The maximum absolute atomic E-state index is 12.1. The monoisotopic (exact) mass is 345 g/mol. The molecule has 5 nitrogen and oxygen atoms in total. The van der Waals surface area contributed by atoms with Gasteiger partial charge in [-0.1, -0.05) is 44.7 Å². The van der Waals surface area contributed by atoms with Gasteiger partial charge in [0.15, 0.2) is 5.16 Å². The number of hydrogen-bond acceptors (Lipinski definition) is 6. The number of rotatable bonds is 5. The number of nitrogens with zero attached hydrogens (tertiary/aromatic N) is 2. The van der Waals surface area contributed by atoms with E-state index in [1.807, 2.05) is 18.4 Å². The van der Waals surface area contributed by atoms with E-state index in [-0.39, 0.29) is 5.41 Å². The first kappa shape index (κ1) is 18.3. The van der Waals surface area contributed by atoms with Crippen LogP contribution in [0.1, 0.15) is 43.6 Å². The van der Waals surface area contributed by atoms with Crippen LogP contribution in [0, 0.1) is 0 Å². The lowest BCUT2D eigenvalue weighted by atomic mass is 9.87. The van der Waals surface area contributed by atoms with Gasteiger partial charge in [-0.2, -0.15) is 0 Å². The molecule has 0 unspecified atom stereocenters. The number of thioether (sulfide) groups is 1. The molecule has 1 aromatic heterocycles. The van der Waals surface area contributed by atoms with Crippen molar-refractivity contribution in [2.24, 2.45) is 0 Å². The molecule has 1 N–H and O–H groups in total. The van der Waals surface area contributed by atoms with Gasteiger partial charge in [0.25, 0.3) is 0 Å². The Kier molecular flexibility index (Phi) is 5.83. The molecule has 0 spiro atoms. The predicted octanol–water partition coefficient (Wildman–Crippen LogP) is 4.42. The van der Waals surface area contributed by atoms with E-state index in [2.05, 4.69) is 48.2 Å². The molecule has 0 saturated heterocycles. The van der Waals surface area contributed by atoms with Crippen LogP contribution < -0.4 is 5.32 Å². The summed E-state index contributed by atoms with van der Waals surface area (Å²) in [4.78, 5) is 20.7. The second-order valence-corrected chi connectivity index (χ2v) is 7.07. The van der Waals surface area contributed by atoms with Gasteiger partial charge >= 0.3 is 5.97 Å². The predicted molar refractivity (Wildman–Crippen MR) is 98.2 cm³/mol. The lowest BCUT2D eigenvalue weighted by Gasteiger charge is -2.19. The van der Waals surface area contributed by atoms with Gasteiger partial charge < -0.3 is 10.1 Å². The van der Waals surface area contributed by atoms with E-state index < -0.39 is 5.97 Å². The summed E-state index contributed by atoms with van der Waals surface area (Å²) in [5, 5.41) is 3.79. The van der Waals surface area contributed by atoms with Crippen LogP contribution in [0.4, 0.5) is 11.5 Å². The van der Waals surface area contributed by atoms with Gasteiger partial charge in [0.2, 0.25) is 0 Å². The molecular formula is C18H23N3O2S. The number of benzene rings is 1. The van der Waals surface area contributed by atoms with E-state index in [0.717, 1.165) is 5.69 Å². The first-order valence-electron chi connectivity index (χ1n) is 7.81. The Hall–Kier alpha value is -2.08. The van der Waals surface area contributed by atoms with E-state index in [4.69, 9.17) is 4.74 Å². The Morgan fingerprint density at radius 1 is 1.25 bits per heavy atom. The SMILES string of the molecule is CCOC(=O)c1cnc(SC)nc1Nc1ccc(C(C)(C)C)cc1. The van der Waals surface area contributed by atoms with E-state index in [1.165, 1.54) is 23.5 Å². The second kappa shape index (κ2) is 7.66. The number of ether oxygens (including phenoxy) is 1. The first-order valence-corrected chi connectivity index (χ1v) is 9.03. The smallest absolute Gasteiger partial charge is 0.343 e. The van der Waals surface area contributed by atoms with E-state index in [1.54, 1.807) is 6.92 Å². The number of anilines is 2. The van der Waals surface area contributed by atoms with Crippen molar-refractivity contribution >= 4 is 29.2 Å². The fraction of sp³-hybridized carbons (Fsp3) is 0.389. The molecule has 0 saturated carbocycles. The zero-order valence-electron chi connectivity index (χ0n) is 14.7. The third kappa shape index (κ3) is 4.47. The minimum Gasteiger partial charge on any atom is -0.462 e. The minimum absolute atomic E-state index is 0.0928. The summed E-state index contributed by atoms with van der Waals surface area (Å²) in [6, 6.07) is 8.11. The molecule has 1 heterocycles. The maximum Gasteiger partial charge on any atom is 0.343 e. The molecule has 0 aliphatic rings. The van der Waals surface area contributed by atoms with Crippen molar-refractivity contribution in [3.63, 3.8) is 0 Å². The van der Waals surface area contributed by atoms with Crippen molar-refractivity contribution in [2.75, 3.05) is 18.2 Å². The summed E-state index contributed by atoms with van der Waals surface area (Å²) < 4.78 is 5.08. The number of esters is 1. The summed E-state index contributed by atoms with van der Waals surface area (Å²) >= 11 is 1.42. The Balaban J connectivity index is 2.31. The highest BCUT2D eigenvalue weighted by Gasteiger charge is 2.17. The van der Waals surface area contributed by atoms with Gasteiger partial charge in [-0.25, -0.2) is 14.8 Å². The van der Waals surface area contributed by atoms with Crippen molar-refractivity contribution in [3.8, 4) is 0 Å². The van der Waals surface area contributed by atoms with Gasteiger partial charge in [-0.3, -0.25) is 0 Å². The average Bonchev–Trinajstić information content (AvgIpc) is 2.54. The normalized spacial score (nSPS) is 11.2. The zero-order chi connectivity index (χ0) is 17.7. The van der Waals surface area contributed by atoms with Crippen LogP contribution in [0.3, 0.4) is 0 Å². The van der Waals surface area contributed by atoms with Crippen LogP contribution in [0.25, 0.3) is 0 Å². The van der Waals surface area contributed by atoms with Crippen LogP contribution in [0.15, 0.2) is 35.6 Å². The molecule has 128 valence electrons. The Bertz CT molecular complexity index is 709. The van der Waals surface area contributed by atoms with Crippen molar-refractivity contribution in [2.45, 2.75) is 38.3 Å². The summed E-state index contributed by atoms with van der Waals surface area (Å²) in [5.41, 5.74) is 2.52. The van der Waals surface area contributed by atoms with Gasteiger partial charge in [0.1, 0.15) is 11.4 Å². The Morgan fingerprint density at radius 3 is 2.46 bits per heavy atom. The number of nitrogens with one attached hydrogen (secondary N) is 1. The summed E-state index contributed by atoms with van der Waals surface area (Å²) in [5.74, 6) is 0.0234. The maximum atomic E-state index is 12.1. The molecular weight excluding hydrogens is 322 g/mol. The molecule has 0 bridgehead atoms.